The summed E-state index contributed by atoms with van der Waals surface area (Å²) in [4.78, 5) is 5.89. The first-order valence-electron chi connectivity index (χ1n) is 7.56. The number of ether oxygens (including phenoxy) is 1. The summed E-state index contributed by atoms with van der Waals surface area (Å²) in [6.45, 7) is 0. The van der Waals surface area contributed by atoms with Gasteiger partial charge in [0.25, 0.3) is 0 Å². The Bertz CT molecular complexity index is 1150. The predicted octanol–water partition coefficient (Wildman–Crippen LogP) is 5.05. The second kappa shape index (κ2) is 7.14. The van der Waals surface area contributed by atoms with Gasteiger partial charge in [0.05, 0.1) is 30.4 Å². The lowest BCUT2D eigenvalue weighted by Crippen LogP contribution is -1.89. The molecule has 26 heavy (non-hydrogen) atoms. The molecule has 0 saturated heterocycles. The number of aromatic amines is 1. The van der Waals surface area contributed by atoms with E-state index in [1.807, 2.05) is 0 Å². The number of azide groups is 1. The van der Waals surface area contributed by atoms with Crippen LogP contribution < -0.4 is 4.74 Å². The SMILES string of the molecule is COc1ccc(C#N)cc1/C=C(\C#N)c1c[nH]c2ccc(N=[N+]=[N-])cc12. The second-order valence-corrected chi connectivity index (χ2v) is 5.36. The van der Waals surface area contributed by atoms with Crippen molar-refractivity contribution >= 4 is 28.2 Å². The number of methoxy groups -OCH3 is 1. The molecule has 124 valence electrons. The van der Waals surface area contributed by atoms with E-state index in [4.69, 9.17) is 15.5 Å². The summed E-state index contributed by atoms with van der Waals surface area (Å²) in [5.74, 6) is 0.561. The Labute approximate surface area is 149 Å². The van der Waals surface area contributed by atoms with Crippen LogP contribution in [0.25, 0.3) is 33.0 Å². The molecule has 0 fully saturated rings. The van der Waals surface area contributed by atoms with Crippen LogP contribution in [0, 0.1) is 22.7 Å². The number of fused-ring (bicyclic) bond motifs is 1. The number of allylic oxidation sites excluding steroid dienone is 1. The monoisotopic (exact) mass is 340 g/mol. The van der Waals surface area contributed by atoms with Gasteiger partial charge in [0.15, 0.2) is 0 Å². The molecule has 7 nitrogen and oxygen atoms in total. The summed E-state index contributed by atoms with van der Waals surface area (Å²) in [7, 11) is 1.53. The fourth-order valence-corrected chi connectivity index (χ4v) is 2.69. The fraction of sp³-hybridized carbons (Fsp3) is 0.0526. The smallest absolute Gasteiger partial charge is 0.126 e. The van der Waals surface area contributed by atoms with Crippen molar-refractivity contribution in [1.29, 1.82) is 10.5 Å². The molecule has 3 aromatic rings. The number of benzene rings is 2. The Hall–Kier alpha value is -4.19. The number of aromatic nitrogens is 1. The molecule has 3 rings (SSSR count). The van der Waals surface area contributed by atoms with Gasteiger partial charge in [-0.3, -0.25) is 0 Å². The van der Waals surface area contributed by atoms with Crippen molar-refractivity contribution in [3.05, 3.63) is 69.7 Å². The van der Waals surface area contributed by atoms with Gasteiger partial charge in [-0.25, -0.2) is 0 Å². The summed E-state index contributed by atoms with van der Waals surface area (Å²) < 4.78 is 5.32. The predicted molar refractivity (Wildman–Crippen MR) is 98.3 cm³/mol. The van der Waals surface area contributed by atoms with Crippen LogP contribution in [0.3, 0.4) is 0 Å². The van der Waals surface area contributed by atoms with Crippen molar-refractivity contribution in [2.75, 3.05) is 7.11 Å². The lowest BCUT2D eigenvalue weighted by atomic mass is 10.0. The minimum Gasteiger partial charge on any atom is -0.496 e. The first kappa shape index (κ1) is 16.7. The van der Waals surface area contributed by atoms with Gasteiger partial charge in [-0.05, 0) is 41.9 Å². The number of H-pyrrole nitrogens is 1. The Morgan fingerprint density at radius 1 is 1.27 bits per heavy atom. The normalized spacial score (nSPS) is 10.7. The first-order chi connectivity index (χ1) is 12.7. The maximum absolute atomic E-state index is 9.66. The molecule has 0 radical (unpaired) electrons. The van der Waals surface area contributed by atoms with E-state index in [2.05, 4.69) is 27.1 Å². The van der Waals surface area contributed by atoms with Crippen LogP contribution in [0.15, 0.2) is 47.7 Å². The maximum Gasteiger partial charge on any atom is 0.126 e. The van der Waals surface area contributed by atoms with Gasteiger partial charge in [0, 0.05) is 38.8 Å². The third-order valence-corrected chi connectivity index (χ3v) is 3.89. The lowest BCUT2D eigenvalue weighted by molar-refractivity contribution is 0.414. The van der Waals surface area contributed by atoms with Crippen LogP contribution in [-0.4, -0.2) is 12.1 Å². The highest BCUT2D eigenvalue weighted by Gasteiger charge is 2.11. The average molecular weight is 340 g/mol. The molecule has 0 atom stereocenters. The van der Waals surface area contributed by atoms with E-state index in [1.165, 1.54) is 7.11 Å². The third-order valence-electron chi connectivity index (χ3n) is 3.89. The molecule has 0 aliphatic heterocycles. The second-order valence-electron chi connectivity index (χ2n) is 5.36. The molecule has 1 N–H and O–H groups in total. The Balaban J connectivity index is 2.19. The molecule has 1 heterocycles. The van der Waals surface area contributed by atoms with E-state index >= 15 is 0 Å². The van der Waals surface area contributed by atoms with Gasteiger partial charge in [-0.2, -0.15) is 10.5 Å². The maximum atomic E-state index is 9.66. The quantitative estimate of drug-likeness (QED) is 0.309. The largest absolute Gasteiger partial charge is 0.496 e. The highest BCUT2D eigenvalue weighted by molar-refractivity contribution is 6.02. The molecule has 0 spiro atoms. The molecular weight excluding hydrogens is 328 g/mol. The average Bonchev–Trinajstić information content (AvgIpc) is 3.09. The Kier molecular flexibility index (Phi) is 4.58. The molecule has 0 amide bonds. The zero-order chi connectivity index (χ0) is 18.5. The molecule has 2 aromatic carbocycles. The third kappa shape index (κ3) is 3.07. The zero-order valence-electron chi connectivity index (χ0n) is 13.8. The number of rotatable bonds is 4. The molecule has 1 aromatic heterocycles. The Morgan fingerprint density at radius 3 is 2.81 bits per heavy atom. The highest BCUT2D eigenvalue weighted by Crippen LogP contribution is 2.31. The summed E-state index contributed by atoms with van der Waals surface area (Å²) in [6.07, 6.45) is 3.39. The summed E-state index contributed by atoms with van der Waals surface area (Å²) >= 11 is 0. The molecule has 0 aliphatic carbocycles. The van der Waals surface area contributed by atoms with E-state index < -0.39 is 0 Å². The van der Waals surface area contributed by atoms with Gasteiger partial charge >= 0.3 is 0 Å². The highest BCUT2D eigenvalue weighted by atomic mass is 16.5. The number of nitriles is 2. The van der Waals surface area contributed by atoms with Crippen molar-refractivity contribution in [1.82, 2.24) is 4.98 Å². The minimum absolute atomic E-state index is 0.391. The number of nitrogens with one attached hydrogen (secondary N) is 1. The van der Waals surface area contributed by atoms with Gasteiger partial charge in [-0.1, -0.05) is 11.2 Å². The van der Waals surface area contributed by atoms with Gasteiger partial charge in [-0.15, -0.1) is 0 Å². The summed E-state index contributed by atoms with van der Waals surface area (Å²) in [6, 6.07) is 14.5. The van der Waals surface area contributed by atoms with E-state index in [9.17, 15) is 5.26 Å². The van der Waals surface area contributed by atoms with Crippen molar-refractivity contribution < 1.29 is 4.74 Å². The van der Waals surface area contributed by atoms with Crippen LogP contribution in [0.1, 0.15) is 16.7 Å². The van der Waals surface area contributed by atoms with Gasteiger partial charge < -0.3 is 9.72 Å². The minimum atomic E-state index is 0.391. The van der Waals surface area contributed by atoms with E-state index in [0.29, 0.717) is 33.7 Å². The van der Waals surface area contributed by atoms with Crippen LogP contribution in [0.5, 0.6) is 5.75 Å². The molecule has 0 aliphatic rings. The van der Waals surface area contributed by atoms with Crippen LogP contribution >= 0.6 is 0 Å². The van der Waals surface area contributed by atoms with Crippen molar-refractivity contribution in [2.45, 2.75) is 0 Å². The molecule has 7 heteroatoms. The van der Waals surface area contributed by atoms with Crippen LogP contribution in [0.4, 0.5) is 5.69 Å². The molecule has 0 saturated carbocycles. The summed E-state index contributed by atoms with van der Waals surface area (Å²) in [5.41, 5.74) is 12.1. The topological polar surface area (TPSA) is 121 Å². The van der Waals surface area contributed by atoms with Gasteiger partial charge in [0.1, 0.15) is 5.75 Å². The standard InChI is InChI=1S/C19H12N6O/c1-26-19-5-2-12(9-20)6-13(19)7-14(10-21)17-11-23-18-4-3-15(24-25-22)8-16(17)18/h2-8,11,23H,1H3/b14-7+. The van der Waals surface area contributed by atoms with Crippen molar-refractivity contribution in [2.24, 2.45) is 5.11 Å². The molecule has 0 unspecified atom stereocenters. The molecule has 0 bridgehead atoms. The van der Waals surface area contributed by atoms with Gasteiger partial charge in [0.2, 0.25) is 0 Å². The lowest BCUT2D eigenvalue weighted by Gasteiger charge is -2.06. The zero-order valence-corrected chi connectivity index (χ0v) is 13.8. The number of nitrogens with zero attached hydrogens (tertiary/aromatic N) is 5. The number of hydrogen-bond acceptors (Lipinski definition) is 4. The Morgan fingerprint density at radius 2 is 2.12 bits per heavy atom. The first-order valence-corrected chi connectivity index (χ1v) is 7.56. The van der Waals surface area contributed by atoms with Crippen molar-refractivity contribution in [3.8, 4) is 17.9 Å². The summed E-state index contributed by atoms with van der Waals surface area (Å²) in [5, 5.41) is 23.1. The molecular formula is C19H12N6O. The van der Waals surface area contributed by atoms with E-state index in [1.54, 1.807) is 48.7 Å². The fourth-order valence-electron chi connectivity index (χ4n) is 2.69. The van der Waals surface area contributed by atoms with E-state index in [0.717, 1.165) is 10.9 Å². The number of hydrogen-bond donors (Lipinski definition) is 1. The van der Waals surface area contributed by atoms with E-state index in [-0.39, 0.29) is 0 Å². The van der Waals surface area contributed by atoms with Crippen LogP contribution in [-0.2, 0) is 0 Å². The van der Waals surface area contributed by atoms with Crippen molar-refractivity contribution in [3.63, 3.8) is 0 Å². The van der Waals surface area contributed by atoms with Crippen LogP contribution in [0.2, 0.25) is 0 Å².